The number of aromatic nitrogens is 1. The zero-order valence-electron chi connectivity index (χ0n) is 22.7. The van der Waals surface area contributed by atoms with Crippen molar-refractivity contribution in [3.63, 3.8) is 0 Å². The Balaban J connectivity index is 1.40. The van der Waals surface area contributed by atoms with Gasteiger partial charge in [-0.25, -0.2) is 4.79 Å². The standard InChI is InChI=1S/C29H38N4O6/c1-38-24-10-6-9-20-19(24)15-21(31-20)27(36)33-17-29(11-4-3-5-12-29)16-23(33)26(35)32-22(28(37)39-2)14-18-8-7-13-30-25(18)34/h6,9-10,15,18,22-23,31H,3-5,7-8,11-14,16-17H2,1-2H3,(H,30,34)(H,32,35)/t18-,22?,23?/m0/s1. The van der Waals surface area contributed by atoms with Crippen molar-refractivity contribution in [3.05, 3.63) is 30.0 Å². The molecule has 2 aliphatic heterocycles. The molecule has 3 heterocycles. The minimum absolute atomic E-state index is 0.113. The molecule has 2 saturated heterocycles. The summed E-state index contributed by atoms with van der Waals surface area (Å²) < 4.78 is 10.4. The van der Waals surface area contributed by atoms with Gasteiger partial charge in [-0.15, -0.1) is 0 Å². The van der Waals surface area contributed by atoms with Crippen LogP contribution < -0.4 is 15.4 Å². The largest absolute Gasteiger partial charge is 0.496 e. The van der Waals surface area contributed by atoms with Gasteiger partial charge in [-0.2, -0.15) is 0 Å². The molecule has 10 nitrogen and oxygen atoms in total. The zero-order chi connectivity index (χ0) is 27.6. The summed E-state index contributed by atoms with van der Waals surface area (Å²) in [5.74, 6) is -1.06. The van der Waals surface area contributed by atoms with Gasteiger partial charge in [0.2, 0.25) is 11.8 Å². The van der Waals surface area contributed by atoms with Crippen LogP contribution in [0.1, 0.15) is 68.3 Å². The number of H-pyrrole nitrogens is 1. The van der Waals surface area contributed by atoms with Gasteiger partial charge in [0.1, 0.15) is 23.5 Å². The lowest BCUT2D eigenvalue weighted by molar-refractivity contribution is -0.146. The number of rotatable bonds is 7. The molecular weight excluding hydrogens is 500 g/mol. The van der Waals surface area contributed by atoms with E-state index in [1.807, 2.05) is 18.2 Å². The number of benzene rings is 1. The Morgan fingerprint density at radius 1 is 1.15 bits per heavy atom. The van der Waals surface area contributed by atoms with Crippen LogP contribution in [0.2, 0.25) is 0 Å². The summed E-state index contributed by atoms with van der Waals surface area (Å²) in [6.45, 7) is 1.11. The minimum atomic E-state index is -0.964. The number of likely N-dealkylation sites (tertiary alicyclic amines) is 1. The van der Waals surface area contributed by atoms with Gasteiger partial charge in [0, 0.05) is 29.9 Å². The van der Waals surface area contributed by atoms with Gasteiger partial charge in [-0.3, -0.25) is 14.4 Å². The number of amides is 3. The molecule has 0 bridgehead atoms. The van der Waals surface area contributed by atoms with Gasteiger partial charge in [0.05, 0.1) is 14.2 Å². The van der Waals surface area contributed by atoms with Crippen molar-refractivity contribution in [3.8, 4) is 5.75 Å². The molecule has 3 aliphatic rings. The molecule has 3 N–H and O–H groups in total. The van der Waals surface area contributed by atoms with Gasteiger partial charge in [0.25, 0.3) is 5.91 Å². The lowest BCUT2D eigenvalue weighted by Gasteiger charge is -2.32. The number of nitrogens with zero attached hydrogens (tertiary/aromatic N) is 1. The summed E-state index contributed by atoms with van der Waals surface area (Å²) >= 11 is 0. The molecule has 1 saturated carbocycles. The summed E-state index contributed by atoms with van der Waals surface area (Å²) in [5, 5.41) is 6.49. The third-order valence-corrected chi connectivity index (χ3v) is 8.78. The molecular formula is C29H38N4O6. The molecule has 1 aliphatic carbocycles. The van der Waals surface area contributed by atoms with Gasteiger partial charge < -0.3 is 30.0 Å². The van der Waals surface area contributed by atoms with Gasteiger partial charge in [0.15, 0.2) is 0 Å². The molecule has 39 heavy (non-hydrogen) atoms. The molecule has 1 spiro atoms. The van der Waals surface area contributed by atoms with E-state index in [1.165, 1.54) is 7.11 Å². The molecule has 1 aromatic heterocycles. The van der Waals surface area contributed by atoms with Crippen LogP contribution in [0.5, 0.6) is 5.75 Å². The summed E-state index contributed by atoms with van der Waals surface area (Å²) in [6.07, 6.45) is 7.40. The van der Waals surface area contributed by atoms with E-state index in [4.69, 9.17) is 9.47 Å². The molecule has 0 radical (unpaired) electrons. The Bertz CT molecular complexity index is 1250. The second-order valence-corrected chi connectivity index (χ2v) is 11.3. The van der Waals surface area contributed by atoms with E-state index in [-0.39, 0.29) is 35.5 Å². The number of carbonyl (C=O) groups excluding carboxylic acids is 4. The number of aromatic amines is 1. The smallest absolute Gasteiger partial charge is 0.328 e. The first-order valence-corrected chi connectivity index (χ1v) is 14.0. The fourth-order valence-corrected chi connectivity index (χ4v) is 6.71. The lowest BCUT2D eigenvalue weighted by Crippen LogP contribution is -2.52. The van der Waals surface area contributed by atoms with Crippen molar-refractivity contribution in [2.75, 3.05) is 27.3 Å². The molecule has 5 rings (SSSR count). The molecule has 1 aromatic carbocycles. The van der Waals surface area contributed by atoms with Crippen molar-refractivity contribution in [1.29, 1.82) is 0 Å². The van der Waals surface area contributed by atoms with E-state index in [0.29, 0.717) is 37.4 Å². The highest BCUT2D eigenvalue weighted by Crippen LogP contribution is 2.47. The van der Waals surface area contributed by atoms with E-state index >= 15 is 0 Å². The number of esters is 1. The summed E-state index contributed by atoms with van der Waals surface area (Å²) in [7, 11) is 2.86. The SMILES string of the molecule is COC(=O)C(C[C@@H]1CCCNC1=O)NC(=O)C1CC2(CCCCC2)CN1C(=O)c1cc2c(OC)cccc2[nH]1. The Labute approximate surface area is 228 Å². The van der Waals surface area contributed by atoms with Crippen molar-refractivity contribution in [2.24, 2.45) is 11.3 Å². The molecule has 3 amide bonds. The summed E-state index contributed by atoms with van der Waals surface area (Å²) in [5.41, 5.74) is 1.05. The predicted molar refractivity (Wildman–Crippen MR) is 144 cm³/mol. The number of hydrogen-bond donors (Lipinski definition) is 3. The van der Waals surface area contributed by atoms with E-state index in [9.17, 15) is 19.2 Å². The Kier molecular flexibility index (Phi) is 7.81. The van der Waals surface area contributed by atoms with Crippen molar-refractivity contribution < 1.29 is 28.7 Å². The summed E-state index contributed by atoms with van der Waals surface area (Å²) in [6, 6.07) is 5.66. The number of piperidine rings is 1. The van der Waals surface area contributed by atoms with E-state index in [0.717, 1.165) is 49.4 Å². The monoisotopic (exact) mass is 538 g/mol. The first-order valence-electron chi connectivity index (χ1n) is 14.0. The average Bonchev–Trinajstić information content (AvgIpc) is 3.55. The zero-order valence-corrected chi connectivity index (χ0v) is 22.7. The van der Waals surface area contributed by atoms with Gasteiger partial charge >= 0.3 is 5.97 Å². The van der Waals surface area contributed by atoms with Crippen LogP contribution in [0, 0.1) is 11.3 Å². The number of fused-ring (bicyclic) bond motifs is 1. The Morgan fingerprint density at radius 2 is 1.95 bits per heavy atom. The third kappa shape index (κ3) is 5.46. The van der Waals surface area contributed by atoms with Crippen molar-refractivity contribution in [1.82, 2.24) is 20.5 Å². The minimum Gasteiger partial charge on any atom is -0.496 e. The molecule has 210 valence electrons. The maximum atomic E-state index is 13.9. The third-order valence-electron chi connectivity index (χ3n) is 8.78. The van der Waals surface area contributed by atoms with E-state index in [1.54, 1.807) is 18.1 Å². The van der Waals surface area contributed by atoms with Gasteiger partial charge in [-0.05, 0) is 62.1 Å². The molecule has 3 fully saturated rings. The highest BCUT2D eigenvalue weighted by Gasteiger charge is 2.49. The second-order valence-electron chi connectivity index (χ2n) is 11.3. The number of nitrogens with one attached hydrogen (secondary N) is 3. The number of hydrogen-bond acceptors (Lipinski definition) is 6. The van der Waals surface area contributed by atoms with Crippen LogP contribution in [-0.2, 0) is 19.1 Å². The Hall–Kier alpha value is -3.56. The fourth-order valence-electron chi connectivity index (χ4n) is 6.71. The van der Waals surface area contributed by atoms with Crippen molar-refractivity contribution >= 4 is 34.6 Å². The van der Waals surface area contributed by atoms with Crippen LogP contribution in [0.4, 0.5) is 0 Å². The Morgan fingerprint density at radius 3 is 2.67 bits per heavy atom. The number of carbonyl (C=O) groups is 4. The van der Waals surface area contributed by atoms with E-state index < -0.39 is 18.1 Å². The second kappa shape index (κ2) is 11.3. The number of methoxy groups -OCH3 is 2. The lowest BCUT2D eigenvalue weighted by atomic mass is 9.72. The van der Waals surface area contributed by atoms with Crippen LogP contribution >= 0.6 is 0 Å². The molecule has 2 unspecified atom stereocenters. The highest BCUT2D eigenvalue weighted by molar-refractivity contribution is 6.02. The topological polar surface area (TPSA) is 130 Å². The normalized spacial score (nSPS) is 23.3. The molecule has 10 heteroatoms. The predicted octanol–water partition coefficient (Wildman–Crippen LogP) is 2.92. The quantitative estimate of drug-likeness (QED) is 0.465. The molecule has 2 aromatic rings. The van der Waals surface area contributed by atoms with Crippen LogP contribution in [0.3, 0.4) is 0 Å². The maximum absolute atomic E-state index is 13.9. The van der Waals surface area contributed by atoms with Crippen LogP contribution in [0.15, 0.2) is 24.3 Å². The van der Waals surface area contributed by atoms with Crippen molar-refractivity contribution in [2.45, 2.75) is 69.9 Å². The van der Waals surface area contributed by atoms with Crippen LogP contribution in [-0.4, -0.2) is 73.0 Å². The fraction of sp³-hybridized carbons (Fsp3) is 0.586. The highest BCUT2D eigenvalue weighted by atomic mass is 16.5. The van der Waals surface area contributed by atoms with Gasteiger partial charge in [-0.1, -0.05) is 25.3 Å². The average molecular weight is 539 g/mol. The molecule has 3 atom stereocenters. The van der Waals surface area contributed by atoms with E-state index in [2.05, 4.69) is 15.6 Å². The maximum Gasteiger partial charge on any atom is 0.328 e. The first kappa shape index (κ1) is 27.0. The summed E-state index contributed by atoms with van der Waals surface area (Å²) in [4.78, 5) is 57.6. The van der Waals surface area contributed by atoms with Crippen LogP contribution in [0.25, 0.3) is 10.9 Å². The first-order chi connectivity index (χ1) is 18.8. The number of ether oxygens (including phenoxy) is 2.